The molecule has 0 fully saturated rings. The monoisotopic (exact) mass is 166 g/mol. The summed E-state index contributed by atoms with van der Waals surface area (Å²) in [5, 5.41) is 0. The smallest absolute Gasteiger partial charge is 0.0256 e. The molecule has 0 aliphatic heterocycles. The molecule has 0 bridgehead atoms. The lowest BCUT2D eigenvalue weighted by molar-refractivity contribution is 0.505. The van der Waals surface area contributed by atoms with Gasteiger partial charge in [0, 0.05) is 0 Å². The minimum atomic E-state index is 0.814. The van der Waals surface area contributed by atoms with E-state index < -0.39 is 0 Å². The summed E-state index contributed by atoms with van der Waals surface area (Å²) >= 11 is 0. The number of rotatable bonds is 6. The fourth-order valence-electron chi connectivity index (χ4n) is 1.38. The summed E-state index contributed by atoms with van der Waals surface area (Å²) < 4.78 is 0. The molecule has 0 amide bonds. The van der Waals surface area contributed by atoms with Crippen molar-refractivity contribution in [2.75, 3.05) is 0 Å². The first-order chi connectivity index (χ1) is 5.74. The first-order valence-electron chi connectivity index (χ1n) is 5.02. The molecular formula is C12H22. The highest BCUT2D eigenvalue weighted by Gasteiger charge is 2.01. The van der Waals surface area contributed by atoms with Gasteiger partial charge in [-0.3, -0.25) is 0 Å². The first kappa shape index (κ1) is 11.5. The van der Waals surface area contributed by atoms with Crippen molar-refractivity contribution in [3.05, 3.63) is 24.3 Å². The maximum absolute atomic E-state index is 3.80. The zero-order valence-electron chi connectivity index (χ0n) is 8.77. The minimum absolute atomic E-state index is 0.814. The van der Waals surface area contributed by atoms with Crippen LogP contribution in [-0.2, 0) is 0 Å². The van der Waals surface area contributed by atoms with Crippen LogP contribution in [0.2, 0.25) is 0 Å². The Hall–Kier alpha value is -0.520. The van der Waals surface area contributed by atoms with E-state index in [2.05, 4.69) is 33.4 Å². The van der Waals surface area contributed by atoms with E-state index in [9.17, 15) is 0 Å². The van der Waals surface area contributed by atoms with E-state index in [0.717, 1.165) is 5.92 Å². The summed E-state index contributed by atoms with van der Waals surface area (Å²) in [6, 6.07) is 0. The highest BCUT2D eigenvalue weighted by atomic mass is 14.1. The molecule has 0 aromatic heterocycles. The zero-order valence-corrected chi connectivity index (χ0v) is 8.77. The average molecular weight is 166 g/mol. The maximum atomic E-state index is 3.80. The Kier molecular flexibility index (Phi) is 6.84. The molecule has 0 aliphatic carbocycles. The Labute approximate surface area is 77.4 Å². The van der Waals surface area contributed by atoms with E-state index in [1.54, 1.807) is 0 Å². The van der Waals surface area contributed by atoms with Crippen molar-refractivity contribution < 1.29 is 0 Å². The van der Waals surface area contributed by atoms with Crippen LogP contribution in [0.25, 0.3) is 0 Å². The second kappa shape index (κ2) is 7.15. The van der Waals surface area contributed by atoms with Gasteiger partial charge < -0.3 is 0 Å². The molecule has 0 aromatic carbocycles. The second-order valence-electron chi connectivity index (χ2n) is 3.52. The molecule has 0 heterocycles. The lowest BCUT2D eigenvalue weighted by Crippen LogP contribution is -1.95. The topological polar surface area (TPSA) is 0 Å². The number of hydrogen-bond donors (Lipinski definition) is 0. The van der Waals surface area contributed by atoms with Gasteiger partial charge in [0.1, 0.15) is 0 Å². The molecule has 0 saturated heterocycles. The van der Waals surface area contributed by atoms with Crippen LogP contribution in [-0.4, -0.2) is 0 Å². The van der Waals surface area contributed by atoms with Crippen LogP contribution in [0.15, 0.2) is 24.3 Å². The molecule has 0 aliphatic rings. The van der Waals surface area contributed by atoms with Crippen molar-refractivity contribution in [1.82, 2.24) is 0 Å². The van der Waals surface area contributed by atoms with Crippen LogP contribution in [0.4, 0.5) is 0 Å². The molecule has 0 heteroatoms. The molecule has 0 saturated carbocycles. The van der Waals surface area contributed by atoms with Gasteiger partial charge in [0.25, 0.3) is 0 Å². The van der Waals surface area contributed by atoms with Crippen LogP contribution >= 0.6 is 0 Å². The average Bonchev–Trinajstić information content (AvgIpc) is 2.10. The molecule has 70 valence electrons. The molecule has 0 radical (unpaired) electrons. The summed E-state index contributed by atoms with van der Waals surface area (Å²) in [6.45, 7) is 10.5. The van der Waals surface area contributed by atoms with Gasteiger partial charge in [-0.25, -0.2) is 0 Å². The fourth-order valence-corrected chi connectivity index (χ4v) is 1.38. The van der Waals surface area contributed by atoms with Crippen molar-refractivity contribution in [3.63, 3.8) is 0 Å². The Morgan fingerprint density at radius 1 is 1.50 bits per heavy atom. The SMILES string of the molecule is C=CC(=CC)CC(C)CCCC. The summed E-state index contributed by atoms with van der Waals surface area (Å²) in [7, 11) is 0. The standard InChI is InChI=1S/C12H22/c1-5-8-9-11(4)10-12(6-2)7-3/h6-7,11H,2,5,8-10H2,1,3-4H3. The molecule has 0 spiro atoms. The molecule has 12 heavy (non-hydrogen) atoms. The van der Waals surface area contributed by atoms with E-state index >= 15 is 0 Å². The maximum Gasteiger partial charge on any atom is -0.0256 e. The van der Waals surface area contributed by atoms with Crippen LogP contribution in [0, 0.1) is 5.92 Å². The van der Waals surface area contributed by atoms with Crippen molar-refractivity contribution >= 4 is 0 Å². The third-order valence-corrected chi connectivity index (χ3v) is 2.27. The van der Waals surface area contributed by atoms with Gasteiger partial charge in [-0.2, -0.15) is 0 Å². The van der Waals surface area contributed by atoms with Gasteiger partial charge in [0.15, 0.2) is 0 Å². The third kappa shape index (κ3) is 5.17. The van der Waals surface area contributed by atoms with Crippen LogP contribution in [0.3, 0.4) is 0 Å². The Morgan fingerprint density at radius 3 is 2.58 bits per heavy atom. The molecule has 0 aromatic rings. The van der Waals surface area contributed by atoms with E-state index in [-0.39, 0.29) is 0 Å². The largest absolute Gasteiger partial charge is 0.0988 e. The van der Waals surface area contributed by atoms with Gasteiger partial charge >= 0.3 is 0 Å². The highest BCUT2D eigenvalue weighted by Crippen LogP contribution is 2.17. The summed E-state index contributed by atoms with van der Waals surface area (Å²) in [5.74, 6) is 0.814. The van der Waals surface area contributed by atoms with E-state index in [0.29, 0.717) is 0 Å². The van der Waals surface area contributed by atoms with Crippen LogP contribution in [0.1, 0.15) is 46.5 Å². The molecule has 0 N–H and O–H groups in total. The minimum Gasteiger partial charge on any atom is -0.0988 e. The predicted molar refractivity (Wildman–Crippen MR) is 57.3 cm³/mol. The highest BCUT2D eigenvalue weighted by molar-refractivity contribution is 5.15. The van der Waals surface area contributed by atoms with Gasteiger partial charge in [-0.1, -0.05) is 57.4 Å². The molecule has 1 unspecified atom stereocenters. The van der Waals surface area contributed by atoms with Gasteiger partial charge in [0.2, 0.25) is 0 Å². The predicted octanol–water partition coefficient (Wildman–Crippen LogP) is 4.34. The quantitative estimate of drug-likeness (QED) is 0.515. The lowest BCUT2D eigenvalue weighted by Gasteiger charge is -2.10. The Balaban J connectivity index is 3.66. The van der Waals surface area contributed by atoms with Crippen LogP contribution in [0.5, 0.6) is 0 Å². The zero-order chi connectivity index (χ0) is 9.40. The molecular weight excluding hydrogens is 144 g/mol. The third-order valence-electron chi connectivity index (χ3n) is 2.27. The summed E-state index contributed by atoms with van der Waals surface area (Å²) in [5.41, 5.74) is 1.39. The molecule has 0 nitrogen and oxygen atoms in total. The van der Waals surface area contributed by atoms with E-state index in [4.69, 9.17) is 0 Å². The number of allylic oxidation sites excluding steroid dienone is 3. The number of hydrogen-bond acceptors (Lipinski definition) is 0. The van der Waals surface area contributed by atoms with E-state index in [1.165, 1.54) is 31.3 Å². The second-order valence-corrected chi connectivity index (χ2v) is 3.52. The van der Waals surface area contributed by atoms with Gasteiger partial charge in [0.05, 0.1) is 0 Å². The summed E-state index contributed by atoms with van der Waals surface area (Å²) in [6.07, 6.45) is 9.35. The normalized spacial score (nSPS) is 14.4. The van der Waals surface area contributed by atoms with Gasteiger partial charge in [-0.05, 0) is 19.3 Å². The molecule has 1 atom stereocenters. The Bertz CT molecular complexity index is 142. The number of unbranched alkanes of at least 4 members (excludes halogenated alkanes) is 1. The van der Waals surface area contributed by atoms with Gasteiger partial charge in [-0.15, -0.1) is 0 Å². The van der Waals surface area contributed by atoms with Crippen molar-refractivity contribution in [3.8, 4) is 0 Å². The van der Waals surface area contributed by atoms with Crippen LogP contribution < -0.4 is 0 Å². The fraction of sp³-hybridized carbons (Fsp3) is 0.667. The lowest BCUT2D eigenvalue weighted by atomic mass is 9.96. The van der Waals surface area contributed by atoms with Crippen molar-refractivity contribution in [2.45, 2.75) is 46.5 Å². The molecule has 0 rings (SSSR count). The van der Waals surface area contributed by atoms with Crippen molar-refractivity contribution in [1.29, 1.82) is 0 Å². The van der Waals surface area contributed by atoms with Crippen molar-refractivity contribution in [2.24, 2.45) is 5.92 Å². The Morgan fingerprint density at radius 2 is 2.17 bits per heavy atom. The first-order valence-corrected chi connectivity index (χ1v) is 5.02. The van der Waals surface area contributed by atoms with E-state index in [1.807, 2.05) is 6.08 Å². The summed E-state index contributed by atoms with van der Waals surface area (Å²) in [4.78, 5) is 0.